The molecule has 0 fully saturated rings. The van der Waals surface area contributed by atoms with Crippen LogP contribution in [0.3, 0.4) is 0 Å². The quantitative estimate of drug-likeness (QED) is 0.390. The molecular weight excluding hydrogens is 93.1 g/mol. The van der Waals surface area contributed by atoms with Gasteiger partial charge < -0.3 is 0 Å². The van der Waals surface area contributed by atoms with Gasteiger partial charge in [-0.3, -0.25) is 0 Å². The monoisotopic (exact) mass is 98.0 g/mol. The molecule has 0 unspecified atom stereocenters. The molecular formula is C5H5FN+. The van der Waals surface area contributed by atoms with Crippen molar-refractivity contribution in [2.75, 3.05) is 0 Å². The van der Waals surface area contributed by atoms with Crippen LogP contribution >= 0.6 is 0 Å². The van der Waals surface area contributed by atoms with Crippen LogP contribution in [0.5, 0.6) is 0 Å². The first-order chi connectivity index (χ1) is 3.39. The summed E-state index contributed by atoms with van der Waals surface area (Å²) in [6, 6.07) is 0. The highest BCUT2D eigenvalue weighted by Crippen LogP contribution is 1.92. The Hall–Kier alpha value is -0.880. The molecule has 0 aliphatic carbocycles. The van der Waals surface area contributed by atoms with Gasteiger partial charge in [-0.25, -0.2) is 0 Å². The van der Waals surface area contributed by atoms with Crippen LogP contribution in [0.25, 0.3) is 0 Å². The molecule has 0 amide bonds. The third-order valence-electron chi connectivity index (χ3n) is 0.722. The molecule has 0 aromatic heterocycles. The zero-order chi connectivity index (χ0) is 5.11. The molecule has 0 aromatic carbocycles. The van der Waals surface area contributed by atoms with E-state index < -0.39 is 0 Å². The molecule has 0 aromatic rings. The van der Waals surface area contributed by atoms with Crippen LogP contribution in [0.2, 0.25) is 0 Å². The highest BCUT2D eigenvalue weighted by Gasteiger charge is 1.97. The van der Waals surface area contributed by atoms with Crippen molar-refractivity contribution in [3.05, 3.63) is 11.9 Å². The molecule has 0 spiro atoms. The van der Waals surface area contributed by atoms with Gasteiger partial charge in [-0.1, -0.05) is 0 Å². The van der Waals surface area contributed by atoms with E-state index in [1.54, 1.807) is 6.21 Å². The second kappa shape index (κ2) is 1.71. The van der Waals surface area contributed by atoms with Gasteiger partial charge in [0.2, 0.25) is 5.83 Å². The summed E-state index contributed by atoms with van der Waals surface area (Å²) in [7, 11) is 0. The molecule has 1 aliphatic heterocycles. The smallest absolute Gasteiger partial charge is 0.199 e. The normalized spacial score (nSPS) is 17.0. The van der Waals surface area contributed by atoms with Crippen molar-refractivity contribution in [3.8, 4) is 0 Å². The van der Waals surface area contributed by atoms with Gasteiger partial charge in [0.1, 0.15) is 0 Å². The second-order valence-electron chi connectivity index (χ2n) is 1.29. The van der Waals surface area contributed by atoms with Gasteiger partial charge in [0.05, 0.1) is 6.42 Å². The van der Waals surface area contributed by atoms with Crippen molar-refractivity contribution in [3.63, 3.8) is 0 Å². The molecule has 2 heteroatoms. The van der Waals surface area contributed by atoms with E-state index in [9.17, 15) is 4.39 Å². The van der Waals surface area contributed by atoms with Gasteiger partial charge in [-0.2, -0.15) is 4.39 Å². The third kappa shape index (κ3) is 0.983. The van der Waals surface area contributed by atoms with E-state index in [0.29, 0.717) is 6.42 Å². The summed E-state index contributed by atoms with van der Waals surface area (Å²) in [5.74, 6) is -0.234. The predicted molar refractivity (Wildman–Crippen MR) is 28.1 cm³/mol. The van der Waals surface area contributed by atoms with Crippen LogP contribution < -0.4 is 4.67 Å². The lowest BCUT2D eigenvalue weighted by molar-refractivity contribution is 0.681. The zero-order valence-corrected chi connectivity index (χ0v) is 3.76. The van der Waals surface area contributed by atoms with Crippen LogP contribution in [-0.4, -0.2) is 12.4 Å². The summed E-state index contributed by atoms with van der Waals surface area (Å²) in [6.45, 7) is 0. The Bertz CT molecular complexity index is 151. The molecule has 7 heavy (non-hydrogen) atoms. The van der Waals surface area contributed by atoms with Gasteiger partial charge in [-0.15, -0.1) is 4.67 Å². The fourth-order valence-electron chi connectivity index (χ4n) is 0.403. The van der Waals surface area contributed by atoms with Crippen LogP contribution in [-0.2, 0) is 0 Å². The molecule has 36 valence electrons. The Morgan fingerprint density at radius 3 is 2.86 bits per heavy atom. The molecule has 0 bridgehead atoms. The van der Waals surface area contributed by atoms with Crippen molar-refractivity contribution in [1.29, 1.82) is 0 Å². The van der Waals surface area contributed by atoms with Crippen molar-refractivity contribution in [2.45, 2.75) is 6.42 Å². The van der Waals surface area contributed by atoms with Gasteiger partial charge in [0.15, 0.2) is 0 Å². The Morgan fingerprint density at radius 1 is 1.71 bits per heavy atom. The molecule has 0 radical (unpaired) electrons. The summed E-state index contributed by atoms with van der Waals surface area (Å²) in [4.78, 5) is 0. The topological polar surface area (TPSA) is 14.1 Å². The lowest BCUT2D eigenvalue weighted by Gasteiger charge is -1.74. The first-order valence-corrected chi connectivity index (χ1v) is 2.10. The largest absolute Gasteiger partial charge is 0.326 e. The molecule has 0 saturated heterocycles. The number of rotatable bonds is 0. The molecule has 1 aliphatic rings. The summed E-state index contributed by atoms with van der Waals surface area (Å²) in [5, 5.41) is 0. The Kier molecular flexibility index (Phi) is 1.05. The molecule has 1 nitrogen and oxygen atoms in total. The number of halogens is 1. The van der Waals surface area contributed by atoms with Gasteiger partial charge in [0, 0.05) is 0 Å². The molecule has 0 N–H and O–H groups in total. The fraction of sp³-hybridized carbons (Fsp3) is 0.200. The van der Waals surface area contributed by atoms with E-state index in [1.807, 2.05) is 0 Å². The van der Waals surface area contributed by atoms with Crippen LogP contribution in [0, 0.1) is 0 Å². The first-order valence-electron chi connectivity index (χ1n) is 2.10. The maximum atomic E-state index is 11.9. The SMILES string of the molecule is FC1=CCC=[N+]=C1. The molecule has 0 atom stereocenters. The minimum atomic E-state index is -0.234. The van der Waals surface area contributed by atoms with Crippen molar-refractivity contribution < 1.29 is 4.39 Å². The minimum Gasteiger partial charge on any atom is -0.199 e. The van der Waals surface area contributed by atoms with Crippen molar-refractivity contribution in [1.82, 2.24) is 4.67 Å². The van der Waals surface area contributed by atoms with E-state index in [2.05, 4.69) is 4.67 Å². The standard InChI is InChI=1S/C5H5FN/c6-5-2-1-3-7-4-5/h2-4H,1H2/q+1. The van der Waals surface area contributed by atoms with E-state index in [0.717, 1.165) is 0 Å². The zero-order valence-electron chi connectivity index (χ0n) is 3.76. The number of nitrogens with zero attached hydrogens (tertiary/aromatic N) is 1. The maximum Gasteiger partial charge on any atom is 0.326 e. The van der Waals surface area contributed by atoms with Crippen LogP contribution in [0.1, 0.15) is 6.42 Å². The van der Waals surface area contributed by atoms with Gasteiger partial charge >= 0.3 is 6.21 Å². The Labute approximate surface area is 40.9 Å². The Balaban J connectivity index is 2.82. The average Bonchev–Trinajstić information content (AvgIpc) is 1.69. The summed E-state index contributed by atoms with van der Waals surface area (Å²) >= 11 is 0. The highest BCUT2D eigenvalue weighted by atomic mass is 19.1. The lowest BCUT2D eigenvalue weighted by Crippen LogP contribution is -1.89. The third-order valence-corrected chi connectivity index (χ3v) is 0.722. The van der Waals surface area contributed by atoms with E-state index in [1.165, 1.54) is 12.3 Å². The van der Waals surface area contributed by atoms with Gasteiger partial charge in [0.25, 0.3) is 6.21 Å². The number of hydrogen-bond donors (Lipinski definition) is 0. The summed E-state index contributed by atoms with van der Waals surface area (Å²) in [6.07, 6.45) is 4.96. The van der Waals surface area contributed by atoms with Gasteiger partial charge in [-0.05, 0) is 6.08 Å². The van der Waals surface area contributed by atoms with E-state index in [4.69, 9.17) is 0 Å². The molecule has 0 saturated carbocycles. The van der Waals surface area contributed by atoms with Crippen molar-refractivity contribution >= 4 is 12.4 Å². The second-order valence-corrected chi connectivity index (χ2v) is 1.29. The average molecular weight is 98.1 g/mol. The lowest BCUT2D eigenvalue weighted by atomic mass is 10.3. The number of hydrogen-bond acceptors (Lipinski definition) is 0. The highest BCUT2D eigenvalue weighted by molar-refractivity contribution is 5.81. The Morgan fingerprint density at radius 2 is 2.57 bits per heavy atom. The predicted octanol–water partition coefficient (Wildman–Crippen LogP) is 0.452. The molecule has 1 rings (SSSR count). The van der Waals surface area contributed by atoms with Crippen molar-refractivity contribution in [2.24, 2.45) is 0 Å². The minimum absolute atomic E-state index is 0.234. The summed E-state index contributed by atoms with van der Waals surface area (Å²) < 4.78 is 15.4. The maximum absolute atomic E-state index is 11.9. The fourth-order valence-corrected chi connectivity index (χ4v) is 0.403. The molecule has 1 heterocycles. The summed E-state index contributed by atoms with van der Waals surface area (Å²) in [5.41, 5.74) is 0. The van der Waals surface area contributed by atoms with Crippen LogP contribution in [0.4, 0.5) is 4.39 Å². The van der Waals surface area contributed by atoms with Crippen LogP contribution in [0.15, 0.2) is 11.9 Å². The first kappa shape index (κ1) is 4.28. The van der Waals surface area contributed by atoms with E-state index >= 15 is 0 Å². The number of allylic oxidation sites excluding steroid dienone is 2. The van der Waals surface area contributed by atoms with E-state index in [-0.39, 0.29) is 5.83 Å².